The van der Waals surface area contributed by atoms with Crippen molar-refractivity contribution in [2.75, 3.05) is 0 Å². The van der Waals surface area contributed by atoms with Crippen molar-refractivity contribution in [1.82, 2.24) is 4.98 Å². The molecule has 0 atom stereocenters. The zero-order chi connectivity index (χ0) is 12.3. The molecule has 1 aromatic rings. The lowest BCUT2D eigenvalue weighted by atomic mass is 10.1. The average Bonchev–Trinajstić information content (AvgIpc) is 2.26. The minimum absolute atomic E-state index is 0.211. The first-order valence-corrected chi connectivity index (χ1v) is 3.98. The number of aliphatic hydroxyl groups excluding tert-OH is 1. The maximum atomic E-state index is 12.5. The van der Waals surface area contributed by atoms with E-state index in [1.807, 2.05) is 0 Å². The van der Waals surface area contributed by atoms with Crippen molar-refractivity contribution in [2.45, 2.75) is 13.0 Å². The normalized spacial score (nSPS) is 10.2. The second-order valence-corrected chi connectivity index (χ2v) is 2.72. The number of aromatic nitrogens is 1. The monoisotopic (exact) mass is 229 g/mol. The number of hydrogen-bond acceptors (Lipinski definition) is 5. The van der Waals surface area contributed by atoms with Crippen molar-refractivity contribution in [3.8, 4) is 6.07 Å². The summed E-state index contributed by atoms with van der Waals surface area (Å²) in [4.78, 5) is 12.7. The van der Waals surface area contributed by atoms with Crippen LogP contribution in [0.25, 0.3) is 0 Å². The summed E-state index contributed by atoms with van der Waals surface area (Å²) in [5.41, 5.74) is -2.88. The van der Waals surface area contributed by atoms with E-state index in [1.165, 1.54) is 6.07 Å². The van der Waals surface area contributed by atoms with Gasteiger partial charge in [-0.05, 0) is 6.07 Å². The van der Waals surface area contributed by atoms with Crippen LogP contribution in [0.2, 0.25) is 0 Å². The van der Waals surface area contributed by atoms with Crippen LogP contribution in [0.1, 0.15) is 23.4 Å². The van der Waals surface area contributed by atoms with Crippen LogP contribution < -0.4 is 0 Å². The van der Waals surface area contributed by atoms with Gasteiger partial charge in [0.1, 0.15) is 11.6 Å². The first-order valence-electron chi connectivity index (χ1n) is 3.98. The first-order chi connectivity index (χ1) is 7.51. The van der Waals surface area contributed by atoms with Gasteiger partial charge in [0.15, 0.2) is 5.69 Å². The molecule has 1 aromatic heterocycles. The molecule has 0 aliphatic heterocycles. The van der Waals surface area contributed by atoms with Crippen LogP contribution in [0.4, 0.5) is 14.5 Å². The molecule has 0 unspecified atom stereocenters. The van der Waals surface area contributed by atoms with E-state index < -0.39 is 34.9 Å². The topological polar surface area (TPSA) is 100 Å². The highest BCUT2D eigenvalue weighted by atomic mass is 19.3. The van der Waals surface area contributed by atoms with Gasteiger partial charge in [0.25, 0.3) is 6.43 Å². The fourth-order valence-corrected chi connectivity index (χ4v) is 1.12. The van der Waals surface area contributed by atoms with Crippen LogP contribution in [0.3, 0.4) is 0 Å². The van der Waals surface area contributed by atoms with Gasteiger partial charge in [-0.25, -0.2) is 13.8 Å². The number of aliphatic hydroxyl groups is 1. The van der Waals surface area contributed by atoms with Gasteiger partial charge in [-0.3, -0.25) is 10.1 Å². The predicted octanol–water partition coefficient (Wildman–Crippen LogP) is 1.29. The fourth-order valence-electron chi connectivity index (χ4n) is 1.12. The van der Waals surface area contributed by atoms with Gasteiger partial charge < -0.3 is 5.11 Å². The number of nitrogens with zero attached hydrogens (tertiary/aromatic N) is 3. The molecule has 1 heterocycles. The summed E-state index contributed by atoms with van der Waals surface area (Å²) < 4.78 is 24.9. The Morgan fingerprint density at radius 2 is 2.31 bits per heavy atom. The molecule has 0 aliphatic carbocycles. The highest BCUT2D eigenvalue weighted by Gasteiger charge is 2.28. The van der Waals surface area contributed by atoms with Gasteiger partial charge in [-0.1, -0.05) is 0 Å². The number of rotatable bonds is 3. The number of halogens is 2. The van der Waals surface area contributed by atoms with Gasteiger partial charge >= 0.3 is 5.69 Å². The standard InChI is InChI=1S/C8H5F2N3O3/c9-8(10)6-7(13(15)16)4(2-11)1-5(3-14)12-6/h1,8,14H,3H2. The molecule has 0 aliphatic rings. The summed E-state index contributed by atoms with van der Waals surface area (Å²) in [5.74, 6) is 0. The minimum Gasteiger partial charge on any atom is -0.390 e. The van der Waals surface area contributed by atoms with Gasteiger partial charge in [0, 0.05) is 0 Å². The van der Waals surface area contributed by atoms with Crippen molar-refractivity contribution < 1.29 is 18.8 Å². The lowest BCUT2D eigenvalue weighted by molar-refractivity contribution is -0.386. The van der Waals surface area contributed by atoms with Crippen molar-refractivity contribution in [1.29, 1.82) is 5.26 Å². The van der Waals surface area contributed by atoms with E-state index in [1.54, 1.807) is 0 Å². The lowest BCUT2D eigenvalue weighted by Gasteiger charge is -2.04. The molecule has 0 saturated heterocycles. The molecule has 8 heteroatoms. The highest BCUT2D eigenvalue weighted by molar-refractivity contribution is 5.52. The number of nitro groups is 1. The second kappa shape index (κ2) is 4.59. The Bertz CT molecular complexity index is 470. The predicted molar refractivity (Wildman–Crippen MR) is 46.5 cm³/mol. The van der Waals surface area contributed by atoms with Crippen LogP contribution in [-0.4, -0.2) is 15.0 Å². The number of nitriles is 1. The van der Waals surface area contributed by atoms with E-state index in [4.69, 9.17) is 10.4 Å². The van der Waals surface area contributed by atoms with Crippen molar-refractivity contribution >= 4 is 5.69 Å². The Hall–Kier alpha value is -2.14. The zero-order valence-corrected chi connectivity index (χ0v) is 7.72. The Morgan fingerprint density at radius 3 is 2.69 bits per heavy atom. The quantitative estimate of drug-likeness (QED) is 0.621. The van der Waals surface area contributed by atoms with E-state index in [0.717, 1.165) is 6.07 Å². The summed E-state index contributed by atoms with van der Waals surface area (Å²) >= 11 is 0. The van der Waals surface area contributed by atoms with Crippen LogP contribution in [0.15, 0.2) is 6.07 Å². The third-order valence-electron chi connectivity index (χ3n) is 1.74. The van der Waals surface area contributed by atoms with Gasteiger partial charge in [-0.15, -0.1) is 0 Å². The largest absolute Gasteiger partial charge is 0.390 e. The minimum atomic E-state index is -3.18. The summed E-state index contributed by atoms with van der Waals surface area (Å²) in [7, 11) is 0. The fraction of sp³-hybridized carbons (Fsp3) is 0.250. The third kappa shape index (κ3) is 2.09. The number of alkyl halides is 2. The molecular formula is C8H5F2N3O3. The summed E-state index contributed by atoms with van der Waals surface area (Å²) in [6.07, 6.45) is -3.18. The molecule has 0 amide bonds. The Morgan fingerprint density at radius 1 is 1.69 bits per heavy atom. The smallest absolute Gasteiger partial charge is 0.314 e. The molecule has 0 saturated carbocycles. The van der Waals surface area contributed by atoms with E-state index in [-0.39, 0.29) is 5.69 Å². The highest BCUT2D eigenvalue weighted by Crippen LogP contribution is 2.30. The van der Waals surface area contributed by atoms with Gasteiger partial charge in [0.05, 0.1) is 17.2 Å². The van der Waals surface area contributed by atoms with Crippen LogP contribution >= 0.6 is 0 Å². The molecule has 0 spiro atoms. The lowest BCUT2D eigenvalue weighted by Crippen LogP contribution is -2.05. The first kappa shape index (κ1) is 11.9. The van der Waals surface area contributed by atoms with E-state index in [0.29, 0.717) is 0 Å². The molecule has 0 bridgehead atoms. The molecular weight excluding hydrogens is 224 g/mol. The molecule has 0 radical (unpaired) electrons. The molecule has 6 nitrogen and oxygen atoms in total. The van der Waals surface area contributed by atoms with Crippen LogP contribution in [0, 0.1) is 21.4 Å². The van der Waals surface area contributed by atoms with Gasteiger partial charge in [0.2, 0.25) is 0 Å². The maximum absolute atomic E-state index is 12.5. The second-order valence-electron chi connectivity index (χ2n) is 2.72. The summed E-state index contributed by atoms with van der Waals surface area (Å²) in [6, 6.07) is 2.33. The SMILES string of the molecule is N#Cc1cc(CO)nc(C(F)F)c1[N+](=O)[O-]. The van der Waals surface area contributed by atoms with Gasteiger partial charge in [-0.2, -0.15) is 5.26 Å². The maximum Gasteiger partial charge on any atom is 0.314 e. The zero-order valence-electron chi connectivity index (χ0n) is 7.72. The van der Waals surface area contributed by atoms with E-state index in [2.05, 4.69) is 4.98 Å². The molecule has 0 fully saturated rings. The molecule has 1 rings (SSSR count). The number of pyridine rings is 1. The molecule has 0 aromatic carbocycles. The average molecular weight is 229 g/mol. The number of hydrogen-bond donors (Lipinski definition) is 1. The summed E-state index contributed by atoms with van der Waals surface area (Å²) in [6.45, 7) is -0.674. The summed E-state index contributed by atoms with van der Waals surface area (Å²) in [5, 5.41) is 27.8. The van der Waals surface area contributed by atoms with Crippen molar-refractivity contribution in [3.05, 3.63) is 33.1 Å². The molecule has 1 N–H and O–H groups in total. The van der Waals surface area contributed by atoms with E-state index in [9.17, 15) is 18.9 Å². The van der Waals surface area contributed by atoms with E-state index >= 15 is 0 Å². The molecule has 84 valence electrons. The van der Waals surface area contributed by atoms with Crippen LogP contribution in [-0.2, 0) is 6.61 Å². The Labute approximate surface area is 87.9 Å². The van der Waals surface area contributed by atoms with Crippen LogP contribution in [0.5, 0.6) is 0 Å². The Kier molecular flexibility index (Phi) is 3.42. The van der Waals surface area contributed by atoms with Crippen molar-refractivity contribution in [3.63, 3.8) is 0 Å². The third-order valence-corrected chi connectivity index (χ3v) is 1.74. The molecule has 16 heavy (non-hydrogen) atoms. The Balaban J connectivity index is 3.55. The van der Waals surface area contributed by atoms with Crippen molar-refractivity contribution in [2.24, 2.45) is 0 Å².